The van der Waals surface area contributed by atoms with E-state index in [4.69, 9.17) is 9.47 Å². The molecule has 0 aromatic heterocycles. The molecule has 1 saturated carbocycles. The van der Waals surface area contributed by atoms with Gasteiger partial charge in [0.25, 0.3) is 0 Å². The molecule has 0 spiro atoms. The summed E-state index contributed by atoms with van der Waals surface area (Å²) < 4.78 is 10.8. The zero-order chi connectivity index (χ0) is 13.4. The lowest BCUT2D eigenvalue weighted by Gasteiger charge is -2.40. The summed E-state index contributed by atoms with van der Waals surface area (Å²) in [6, 6.07) is 0. The Bertz CT molecular complexity index is 319. The number of carbonyl (C=O) groups excluding carboxylic acids is 1. The van der Waals surface area contributed by atoms with E-state index < -0.39 is 5.60 Å². The number of hydrogen-bond donors (Lipinski definition) is 0. The average molecular weight is 255 g/mol. The number of piperidine rings is 1. The third-order valence-corrected chi connectivity index (χ3v) is 3.91. The summed E-state index contributed by atoms with van der Waals surface area (Å²) in [5.41, 5.74) is -0.240. The molecule has 0 N–H and O–H groups in total. The van der Waals surface area contributed by atoms with Gasteiger partial charge in [0.15, 0.2) is 0 Å². The van der Waals surface area contributed by atoms with E-state index >= 15 is 0 Å². The van der Waals surface area contributed by atoms with Crippen LogP contribution in [0.1, 0.15) is 40.0 Å². The number of fused-ring (bicyclic) bond motifs is 2. The second-order valence-electron chi connectivity index (χ2n) is 6.90. The van der Waals surface area contributed by atoms with E-state index in [-0.39, 0.29) is 11.5 Å². The van der Waals surface area contributed by atoms with Crippen molar-refractivity contribution in [2.24, 2.45) is 11.3 Å². The predicted octanol–water partition coefficient (Wildman–Crippen LogP) is 2.67. The first-order valence-corrected chi connectivity index (χ1v) is 6.80. The minimum absolute atomic E-state index is 0.172. The Kier molecular flexibility index (Phi) is 3.58. The van der Waals surface area contributed by atoms with Crippen LogP contribution < -0.4 is 0 Å². The van der Waals surface area contributed by atoms with Crippen molar-refractivity contribution in [3.8, 4) is 0 Å². The summed E-state index contributed by atoms with van der Waals surface area (Å²) >= 11 is 0. The van der Waals surface area contributed by atoms with E-state index in [1.165, 1.54) is 19.3 Å². The van der Waals surface area contributed by atoms with Crippen LogP contribution >= 0.6 is 0 Å². The van der Waals surface area contributed by atoms with Crippen molar-refractivity contribution in [2.75, 3.05) is 26.8 Å². The lowest BCUT2D eigenvalue weighted by atomic mass is 9.83. The molecule has 2 rings (SSSR count). The normalized spacial score (nSPS) is 31.6. The van der Waals surface area contributed by atoms with Crippen LogP contribution in [0.3, 0.4) is 0 Å². The van der Waals surface area contributed by atoms with Crippen molar-refractivity contribution >= 4 is 6.09 Å². The van der Waals surface area contributed by atoms with E-state index in [1.54, 1.807) is 7.11 Å². The van der Waals surface area contributed by atoms with Gasteiger partial charge in [-0.1, -0.05) is 0 Å². The standard InChI is InChI=1S/C14H25NO3/c1-13(2,3)18-12(16)15-8-11-5-6-14(7-11,9-15)10-17-4/h11H,5-10H2,1-4H3. The number of amides is 1. The highest BCUT2D eigenvalue weighted by Gasteiger charge is 2.46. The van der Waals surface area contributed by atoms with E-state index in [2.05, 4.69) is 0 Å². The summed E-state index contributed by atoms with van der Waals surface area (Å²) in [5, 5.41) is 0. The lowest BCUT2D eigenvalue weighted by molar-refractivity contribution is -0.0114. The number of rotatable bonds is 2. The van der Waals surface area contributed by atoms with Crippen molar-refractivity contribution in [1.29, 1.82) is 0 Å². The predicted molar refractivity (Wildman–Crippen MR) is 69.5 cm³/mol. The van der Waals surface area contributed by atoms with Gasteiger partial charge in [-0.3, -0.25) is 0 Å². The summed E-state index contributed by atoms with van der Waals surface area (Å²) in [4.78, 5) is 14.0. The molecule has 2 unspecified atom stereocenters. The average Bonchev–Trinajstić information content (AvgIpc) is 2.52. The molecule has 2 fully saturated rings. The van der Waals surface area contributed by atoms with Crippen molar-refractivity contribution < 1.29 is 14.3 Å². The number of methoxy groups -OCH3 is 1. The molecule has 1 saturated heterocycles. The van der Waals surface area contributed by atoms with Gasteiger partial charge < -0.3 is 14.4 Å². The summed E-state index contributed by atoms with van der Waals surface area (Å²) in [6.07, 6.45) is 3.41. The van der Waals surface area contributed by atoms with Crippen LogP contribution in [0.4, 0.5) is 4.79 Å². The van der Waals surface area contributed by atoms with E-state index in [1.807, 2.05) is 25.7 Å². The van der Waals surface area contributed by atoms with Crippen LogP contribution in [0.2, 0.25) is 0 Å². The molecule has 0 radical (unpaired) electrons. The minimum Gasteiger partial charge on any atom is -0.444 e. The van der Waals surface area contributed by atoms with Crippen molar-refractivity contribution in [1.82, 2.24) is 4.90 Å². The number of hydrogen-bond acceptors (Lipinski definition) is 3. The molecule has 0 aromatic carbocycles. The van der Waals surface area contributed by atoms with Crippen LogP contribution in [0, 0.1) is 11.3 Å². The minimum atomic E-state index is -0.415. The first kappa shape index (κ1) is 13.7. The van der Waals surface area contributed by atoms with Gasteiger partial charge in [-0.25, -0.2) is 4.79 Å². The Hall–Kier alpha value is -0.770. The monoisotopic (exact) mass is 255 g/mol. The lowest BCUT2D eigenvalue weighted by Crippen LogP contribution is -2.49. The number of ether oxygens (including phenoxy) is 2. The second-order valence-corrected chi connectivity index (χ2v) is 6.90. The maximum Gasteiger partial charge on any atom is 0.410 e. The molecule has 2 bridgehead atoms. The maximum atomic E-state index is 12.1. The van der Waals surface area contributed by atoms with Crippen LogP contribution in [0.15, 0.2) is 0 Å². The van der Waals surface area contributed by atoms with E-state index in [9.17, 15) is 4.79 Å². The molecular weight excluding hydrogens is 230 g/mol. The molecule has 1 heterocycles. The molecule has 0 aromatic rings. The highest BCUT2D eigenvalue weighted by molar-refractivity contribution is 5.68. The summed E-state index contributed by atoms with van der Waals surface area (Å²) in [6.45, 7) is 8.12. The summed E-state index contributed by atoms with van der Waals surface area (Å²) in [5.74, 6) is 0.626. The molecule has 104 valence electrons. The number of likely N-dealkylation sites (tertiary alicyclic amines) is 1. The quantitative estimate of drug-likeness (QED) is 0.761. The van der Waals surface area contributed by atoms with Gasteiger partial charge >= 0.3 is 6.09 Å². The van der Waals surface area contributed by atoms with Gasteiger partial charge in [0.05, 0.1) is 6.61 Å². The van der Waals surface area contributed by atoms with Crippen LogP contribution in [-0.4, -0.2) is 43.4 Å². The first-order chi connectivity index (χ1) is 8.34. The molecule has 4 nitrogen and oxygen atoms in total. The fourth-order valence-electron chi connectivity index (χ4n) is 3.36. The van der Waals surface area contributed by atoms with E-state index in [0.717, 1.165) is 19.7 Å². The molecule has 1 aliphatic carbocycles. The fraction of sp³-hybridized carbons (Fsp3) is 0.929. The fourth-order valence-corrected chi connectivity index (χ4v) is 3.36. The third kappa shape index (κ3) is 2.97. The highest BCUT2D eigenvalue weighted by atomic mass is 16.6. The number of carbonyl (C=O) groups is 1. The van der Waals surface area contributed by atoms with Gasteiger partial charge in [-0.2, -0.15) is 0 Å². The largest absolute Gasteiger partial charge is 0.444 e. The van der Waals surface area contributed by atoms with Gasteiger partial charge in [-0.05, 0) is 46.0 Å². The van der Waals surface area contributed by atoms with Crippen LogP contribution in [0.5, 0.6) is 0 Å². The van der Waals surface area contributed by atoms with Gasteiger partial charge in [0.1, 0.15) is 5.60 Å². The molecule has 2 atom stereocenters. The Morgan fingerprint density at radius 3 is 2.78 bits per heavy atom. The van der Waals surface area contributed by atoms with Crippen molar-refractivity contribution in [3.05, 3.63) is 0 Å². The van der Waals surface area contributed by atoms with Gasteiger partial charge in [0, 0.05) is 25.6 Å². The Labute approximate surface area is 110 Å². The van der Waals surface area contributed by atoms with Crippen LogP contribution in [-0.2, 0) is 9.47 Å². The zero-order valence-corrected chi connectivity index (χ0v) is 12.0. The van der Waals surface area contributed by atoms with Gasteiger partial charge in [-0.15, -0.1) is 0 Å². The Morgan fingerprint density at radius 1 is 1.44 bits per heavy atom. The molecule has 1 amide bonds. The zero-order valence-electron chi connectivity index (χ0n) is 12.0. The Balaban J connectivity index is 2.01. The molecule has 2 aliphatic rings. The Morgan fingerprint density at radius 2 is 2.17 bits per heavy atom. The maximum absolute atomic E-state index is 12.1. The molecular formula is C14H25NO3. The van der Waals surface area contributed by atoms with Crippen molar-refractivity contribution in [3.63, 3.8) is 0 Å². The van der Waals surface area contributed by atoms with Crippen molar-refractivity contribution in [2.45, 2.75) is 45.6 Å². The first-order valence-electron chi connectivity index (χ1n) is 6.80. The smallest absolute Gasteiger partial charge is 0.410 e. The highest BCUT2D eigenvalue weighted by Crippen LogP contribution is 2.46. The molecule has 1 aliphatic heterocycles. The molecule has 4 heteroatoms. The van der Waals surface area contributed by atoms with Crippen LogP contribution in [0.25, 0.3) is 0 Å². The molecule has 18 heavy (non-hydrogen) atoms. The van der Waals surface area contributed by atoms with Gasteiger partial charge in [0.2, 0.25) is 0 Å². The SMILES string of the molecule is COCC12CCC(CN(C(=O)OC(C)(C)C)C1)C2. The topological polar surface area (TPSA) is 38.8 Å². The second kappa shape index (κ2) is 4.72. The third-order valence-electron chi connectivity index (χ3n) is 3.91. The number of nitrogens with zero attached hydrogens (tertiary/aromatic N) is 1. The van der Waals surface area contributed by atoms with E-state index in [0.29, 0.717) is 5.92 Å². The summed E-state index contributed by atoms with van der Waals surface area (Å²) in [7, 11) is 1.74.